The molecular formula is C16H22N7S+. The third-order valence-electron chi connectivity index (χ3n) is 5.49. The Morgan fingerprint density at radius 3 is 2.92 bits per heavy atom. The molecule has 7 nitrogen and oxygen atoms in total. The van der Waals surface area contributed by atoms with Gasteiger partial charge in [0.1, 0.15) is 17.2 Å². The van der Waals surface area contributed by atoms with Gasteiger partial charge in [0.25, 0.3) is 5.78 Å². The zero-order valence-corrected chi connectivity index (χ0v) is 14.9. The van der Waals surface area contributed by atoms with Crippen molar-refractivity contribution < 1.29 is 4.90 Å². The molecule has 2 aliphatic rings. The van der Waals surface area contributed by atoms with Crippen molar-refractivity contribution in [2.75, 3.05) is 31.6 Å². The molecule has 1 fully saturated rings. The smallest absolute Gasteiger partial charge is 0.276 e. The zero-order valence-electron chi connectivity index (χ0n) is 14.1. The molecule has 3 aromatic heterocycles. The fourth-order valence-electron chi connectivity index (χ4n) is 3.97. The van der Waals surface area contributed by atoms with Crippen LogP contribution in [0.4, 0.5) is 5.82 Å². The first-order valence-corrected chi connectivity index (χ1v) is 9.61. The molecule has 5 heterocycles. The summed E-state index contributed by atoms with van der Waals surface area (Å²) in [6, 6.07) is 0. The Labute approximate surface area is 144 Å². The third kappa shape index (κ3) is 2.12. The fraction of sp³-hybridized carbons (Fsp3) is 0.625. The Kier molecular flexibility index (Phi) is 3.24. The first kappa shape index (κ1) is 14.5. The molecular weight excluding hydrogens is 322 g/mol. The van der Waals surface area contributed by atoms with Crippen molar-refractivity contribution in [1.82, 2.24) is 25.0 Å². The average molecular weight is 344 g/mol. The number of likely N-dealkylation sites (N-methyl/N-ethyl adjacent to an activating group) is 1. The highest BCUT2D eigenvalue weighted by molar-refractivity contribution is 7.19. The van der Waals surface area contributed by atoms with Crippen LogP contribution in [0.3, 0.4) is 0 Å². The van der Waals surface area contributed by atoms with E-state index in [2.05, 4.69) is 34.4 Å². The minimum Gasteiger partial charge on any atom is -0.356 e. The highest BCUT2D eigenvalue weighted by atomic mass is 32.1. The monoisotopic (exact) mass is 344 g/mol. The van der Waals surface area contributed by atoms with Crippen molar-refractivity contribution in [3.8, 4) is 0 Å². The van der Waals surface area contributed by atoms with E-state index in [1.165, 1.54) is 40.0 Å². The van der Waals surface area contributed by atoms with Gasteiger partial charge in [-0.3, -0.25) is 0 Å². The highest BCUT2D eigenvalue weighted by Crippen LogP contribution is 2.38. The lowest BCUT2D eigenvalue weighted by Gasteiger charge is -2.32. The van der Waals surface area contributed by atoms with Gasteiger partial charge in [-0.25, -0.2) is 0 Å². The van der Waals surface area contributed by atoms with E-state index in [1.54, 1.807) is 4.90 Å². The Balaban J connectivity index is 1.74. The van der Waals surface area contributed by atoms with Crippen LogP contribution in [0.25, 0.3) is 16.0 Å². The van der Waals surface area contributed by atoms with Crippen LogP contribution in [0.15, 0.2) is 0 Å². The molecule has 1 N–H and O–H groups in total. The normalized spacial score (nSPS) is 22.4. The molecule has 0 spiro atoms. The quantitative estimate of drug-likeness (QED) is 0.698. The molecule has 5 rings (SSSR count). The number of nitrogens with one attached hydrogen (secondary N) is 1. The fourth-order valence-corrected chi connectivity index (χ4v) is 5.37. The summed E-state index contributed by atoms with van der Waals surface area (Å²) < 4.78 is 1.82. The molecule has 126 valence electrons. The molecule has 0 aromatic carbocycles. The van der Waals surface area contributed by atoms with Crippen molar-refractivity contribution >= 4 is 33.1 Å². The van der Waals surface area contributed by atoms with Crippen LogP contribution in [0, 0.1) is 5.92 Å². The average Bonchev–Trinajstić information content (AvgIpc) is 3.18. The lowest BCUT2D eigenvalue weighted by Crippen LogP contribution is -3.08. The topological polar surface area (TPSA) is 63.7 Å². The van der Waals surface area contributed by atoms with Crippen molar-refractivity contribution in [3.05, 3.63) is 10.4 Å². The number of fused-ring (bicyclic) bond motifs is 5. The Hall–Kier alpha value is -1.80. The summed E-state index contributed by atoms with van der Waals surface area (Å²) in [7, 11) is 2.27. The van der Waals surface area contributed by atoms with Crippen LogP contribution in [0.1, 0.15) is 30.2 Å². The summed E-state index contributed by atoms with van der Waals surface area (Å²) in [5.41, 5.74) is 1.49. The van der Waals surface area contributed by atoms with E-state index in [4.69, 9.17) is 4.98 Å². The van der Waals surface area contributed by atoms with Gasteiger partial charge in [-0.1, -0.05) is 12.0 Å². The van der Waals surface area contributed by atoms with Crippen molar-refractivity contribution in [1.29, 1.82) is 0 Å². The first-order valence-electron chi connectivity index (χ1n) is 8.79. The third-order valence-corrected chi connectivity index (χ3v) is 6.70. The second kappa shape index (κ2) is 5.35. The molecule has 0 bridgehead atoms. The molecule has 0 saturated carbocycles. The second-order valence-electron chi connectivity index (χ2n) is 7.31. The summed E-state index contributed by atoms with van der Waals surface area (Å²) in [4.78, 5) is 11.5. The predicted molar refractivity (Wildman–Crippen MR) is 93.7 cm³/mol. The second-order valence-corrected chi connectivity index (χ2v) is 8.40. The molecule has 8 heteroatoms. The number of thiophene rings is 1. The highest BCUT2D eigenvalue weighted by Gasteiger charge is 2.29. The van der Waals surface area contributed by atoms with E-state index in [-0.39, 0.29) is 0 Å². The van der Waals surface area contributed by atoms with E-state index in [0.29, 0.717) is 5.78 Å². The molecule has 0 aliphatic carbocycles. The first-order chi connectivity index (χ1) is 11.7. The maximum Gasteiger partial charge on any atom is 0.276 e. The lowest BCUT2D eigenvalue weighted by atomic mass is 9.98. The molecule has 2 aliphatic heterocycles. The molecule has 1 saturated heterocycles. The number of piperidine rings is 1. The maximum absolute atomic E-state index is 4.86. The van der Waals surface area contributed by atoms with Gasteiger partial charge in [-0.15, -0.1) is 11.3 Å². The predicted octanol–water partition coefficient (Wildman–Crippen LogP) is 0.541. The van der Waals surface area contributed by atoms with Crippen LogP contribution in [-0.4, -0.2) is 51.7 Å². The van der Waals surface area contributed by atoms with Crippen LogP contribution in [-0.2, 0) is 13.0 Å². The number of nitrogens with zero attached hydrogens (tertiary/aromatic N) is 6. The van der Waals surface area contributed by atoms with E-state index < -0.39 is 0 Å². The van der Waals surface area contributed by atoms with Crippen LogP contribution >= 0.6 is 11.3 Å². The summed E-state index contributed by atoms with van der Waals surface area (Å²) >= 11 is 1.85. The van der Waals surface area contributed by atoms with Gasteiger partial charge in [-0.05, 0) is 34.7 Å². The Bertz CT molecular complexity index is 906. The van der Waals surface area contributed by atoms with Crippen molar-refractivity contribution in [2.45, 2.75) is 32.7 Å². The van der Waals surface area contributed by atoms with Crippen LogP contribution in [0.2, 0.25) is 0 Å². The van der Waals surface area contributed by atoms with E-state index in [0.717, 1.165) is 37.8 Å². The van der Waals surface area contributed by atoms with Crippen LogP contribution in [0.5, 0.6) is 0 Å². The number of rotatable bonds is 1. The molecule has 1 atom stereocenters. The number of anilines is 1. The number of hydrogen-bond donors (Lipinski definition) is 1. The summed E-state index contributed by atoms with van der Waals surface area (Å²) in [6.45, 7) is 6.78. The van der Waals surface area contributed by atoms with Gasteiger partial charge in [0, 0.05) is 19.5 Å². The minimum absolute atomic E-state index is 0.621. The Morgan fingerprint density at radius 1 is 1.25 bits per heavy atom. The molecule has 24 heavy (non-hydrogen) atoms. The number of quaternary nitrogens is 1. The molecule has 0 amide bonds. The Morgan fingerprint density at radius 2 is 2.08 bits per heavy atom. The van der Waals surface area contributed by atoms with Gasteiger partial charge in [0.15, 0.2) is 0 Å². The van der Waals surface area contributed by atoms with Gasteiger partial charge in [0.05, 0.1) is 23.9 Å². The molecule has 0 radical (unpaired) electrons. The van der Waals surface area contributed by atoms with Gasteiger partial charge < -0.3 is 9.80 Å². The van der Waals surface area contributed by atoms with Gasteiger partial charge >= 0.3 is 0 Å². The van der Waals surface area contributed by atoms with Crippen molar-refractivity contribution in [3.63, 3.8) is 0 Å². The summed E-state index contributed by atoms with van der Waals surface area (Å²) in [5.74, 6) is 2.54. The summed E-state index contributed by atoms with van der Waals surface area (Å²) in [5, 5.41) is 13.5. The van der Waals surface area contributed by atoms with Crippen LogP contribution < -0.4 is 9.80 Å². The SMILES string of the molecule is CC1CCN(c2nc3nnnn3c3sc4c(c23)CC[NH+](C)C4)CC1. The van der Waals surface area contributed by atoms with Gasteiger partial charge in [-0.2, -0.15) is 9.50 Å². The lowest BCUT2D eigenvalue weighted by molar-refractivity contribution is -0.895. The minimum atomic E-state index is 0.621. The number of hydrogen-bond acceptors (Lipinski definition) is 6. The standard InChI is InChI=1S/C16H21N7S/c1-10-3-7-22(8-4-10)14-13-11-5-6-21(2)9-12(11)24-15(13)23-16(17-14)18-19-20-23/h10H,3-9H2,1-2H3/p+1. The zero-order chi connectivity index (χ0) is 16.3. The maximum atomic E-state index is 4.86. The molecule has 1 unspecified atom stereocenters. The largest absolute Gasteiger partial charge is 0.356 e. The molecule has 3 aromatic rings. The number of aromatic nitrogens is 5. The van der Waals surface area contributed by atoms with E-state index >= 15 is 0 Å². The van der Waals surface area contributed by atoms with E-state index in [9.17, 15) is 0 Å². The van der Waals surface area contributed by atoms with Crippen molar-refractivity contribution in [2.24, 2.45) is 5.92 Å². The summed E-state index contributed by atoms with van der Waals surface area (Å²) in [6.07, 6.45) is 3.59. The van der Waals surface area contributed by atoms with Gasteiger partial charge in [0.2, 0.25) is 0 Å². The number of tetrazole rings is 1. The van der Waals surface area contributed by atoms with E-state index in [1.807, 2.05) is 15.9 Å².